The minimum atomic E-state index is -1.52. The molecule has 9 nitrogen and oxygen atoms in total. The van der Waals surface area contributed by atoms with Gasteiger partial charge in [-0.25, -0.2) is 4.79 Å². The summed E-state index contributed by atoms with van der Waals surface area (Å²) in [7, 11) is 5.94. The molecule has 322 valence electrons. The minimum absolute atomic E-state index is 0.181. The van der Waals surface area contributed by atoms with Crippen LogP contribution in [-0.4, -0.2) is 87.4 Å². The van der Waals surface area contributed by atoms with Gasteiger partial charge < -0.3 is 28.5 Å². The summed E-state index contributed by atoms with van der Waals surface area (Å²) < 4.78 is 22.7. The zero-order valence-corrected chi connectivity index (χ0v) is 36.3. The topological polar surface area (TPSA) is 108 Å². The van der Waals surface area contributed by atoms with Crippen molar-refractivity contribution in [3.8, 4) is 0 Å². The highest BCUT2D eigenvalue weighted by Gasteiger charge is 2.25. The van der Waals surface area contributed by atoms with E-state index < -0.39 is 24.3 Å². The average Bonchev–Trinajstić information content (AvgIpc) is 3.15. The van der Waals surface area contributed by atoms with Crippen LogP contribution in [0.4, 0.5) is 0 Å². The molecule has 9 heteroatoms. The lowest BCUT2D eigenvalue weighted by atomic mass is 10.1. The molecule has 0 bridgehead atoms. The van der Waals surface area contributed by atoms with Crippen molar-refractivity contribution >= 4 is 17.9 Å². The summed E-state index contributed by atoms with van der Waals surface area (Å²) in [6.07, 6.45) is 42.7. The number of carbonyl (C=O) groups excluding carboxylic acids is 2. The molecule has 0 saturated heterocycles. The zero-order valence-electron chi connectivity index (χ0n) is 36.3. The number of esters is 2. The number of rotatable bonds is 39. The lowest BCUT2D eigenvalue weighted by Crippen LogP contribution is -2.40. The molecular weight excluding hydrogens is 707 g/mol. The number of quaternary nitrogens is 1. The van der Waals surface area contributed by atoms with Gasteiger partial charge in [0.25, 0.3) is 6.29 Å². The first-order valence-electron chi connectivity index (χ1n) is 22.0. The lowest BCUT2D eigenvalue weighted by molar-refractivity contribution is -0.870. The van der Waals surface area contributed by atoms with Crippen LogP contribution in [0, 0.1) is 0 Å². The molecule has 0 aliphatic heterocycles. The van der Waals surface area contributed by atoms with Gasteiger partial charge in [0.05, 0.1) is 34.4 Å². The number of carbonyl (C=O) groups is 3. The van der Waals surface area contributed by atoms with Gasteiger partial charge in [-0.1, -0.05) is 132 Å². The van der Waals surface area contributed by atoms with Crippen LogP contribution in [0.25, 0.3) is 0 Å². The Bertz CT molecular complexity index is 1100. The molecule has 2 unspecified atom stereocenters. The van der Waals surface area contributed by atoms with Crippen LogP contribution in [0.1, 0.15) is 162 Å². The number of hydrogen-bond acceptors (Lipinski definition) is 7. The van der Waals surface area contributed by atoms with Gasteiger partial charge >= 0.3 is 17.9 Å². The maximum absolute atomic E-state index is 12.7. The normalized spacial score (nSPS) is 13.5. The van der Waals surface area contributed by atoms with Crippen LogP contribution in [0.3, 0.4) is 0 Å². The fourth-order valence-electron chi connectivity index (χ4n) is 5.58. The number of hydrogen-bond donors (Lipinski definition) is 1. The van der Waals surface area contributed by atoms with Gasteiger partial charge in [-0.3, -0.25) is 9.59 Å². The standard InChI is InChI=1S/C47H81NO8/c1-6-8-10-12-14-16-18-20-21-22-23-24-25-26-28-30-32-34-36-38-45(50)56-43(42-55-47(46(51)52)53-40-39-48(3,4)5)41-54-44(49)37-35-33-31-29-27-19-17-15-13-11-9-7-2/h8,10,14-17,20-21,23-24,43,47H,6-7,9,11-13,18-19,22,25-42H2,1-5H3/p+1/b10-8-,16-14-,17-15-,21-20-,24-23-. The van der Waals surface area contributed by atoms with Crippen molar-refractivity contribution in [1.82, 2.24) is 0 Å². The number of nitrogens with zero attached hydrogens (tertiary/aromatic N) is 1. The molecule has 1 N–H and O–H groups in total. The van der Waals surface area contributed by atoms with E-state index in [1.54, 1.807) is 0 Å². The van der Waals surface area contributed by atoms with E-state index in [0.29, 0.717) is 17.4 Å². The fourth-order valence-corrected chi connectivity index (χ4v) is 5.58. The number of unbranched alkanes of at least 4 members (excludes halogenated alkanes) is 14. The van der Waals surface area contributed by atoms with Gasteiger partial charge in [0.2, 0.25) is 0 Å². The summed E-state index contributed by atoms with van der Waals surface area (Å²) in [5.41, 5.74) is 0. The summed E-state index contributed by atoms with van der Waals surface area (Å²) in [5.74, 6) is -2.05. The van der Waals surface area contributed by atoms with Crippen molar-refractivity contribution in [2.45, 2.75) is 174 Å². The van der Waals surface area contributed by atoms with Crippen molar-refractivity contribution in [3.05, 3.63) is 60.8 Å². The third-order valence-corrected chi connectivity index (χ3v) is 9.01. The van der Waals surface area contributed by atoms with Crippen LogP contribution in [-0.2, 0) is 33.3 Å². The van der Waals surface area contributed by atoms with E-state index >= 15 is 0 Å². The predicted molar refractivity (Wildman–Crippen MR) is 230 cm³/mol. The Morgan fingerprint density at radius 3 is 1.54 bits per heavy atom. The van der Waals surface area contributed by atoms with Crippen molar-refractivity contribution in [2.75, 3.05) is 47.5 Å². The molecule has 0 aromatic rings. The fraction of sp³-hybridized carbons (Fsp3) is 0.723. The van der Waals surface area contributed by atoms with E-state index in [2.05, 4.69) is 74.6 Å². The highest BCUT2D eigenvalue weighted by molar-refractivity contribution is 5.71. The second-order valence-electron chi connectivity index (χ2n) is 15.6. The second kappa shape index (κ2) is 38.8. The summed E-state index contributed by atoms with van der Waals surface area (Å²) in [6.45, 7) is 4.68. The van der Waals surface area contributed by atoms with Crippen LogP contribution < -0.4 is 0 Å². The Labute approximate surface area is 342 Å². The molecule has 0 aromatic heterocycles. The molecule has 0 heterocycles. The van der Waals surface area contributed by atoms with Gasteiger partial charge in [0, 0.05) is 12.8 Å². The largest absolute Gasteiger partial charge is 0.477 e. The van der Waals surface area contributed by atoms with Gasteiger partial charge in [-0.15, -0.1) is 0 Å². The molecule has 2 atom stereocenters. The quantitative estimate of drug-likeness (QED) is 0.0216. The highest BCUT2D eigenvalue weighted by Crippen LogP contribution is 2.13. The van der Waals surface area contributed by atoms with Crippen molar-refractivity contribution in [2.24, 2.45) is 0 Å². The van der Waals surface area contributed by atoms with Gasteiger partial charge in [0.15, 0.2) is 6.10 Å². The van der Waals surface area contributed by atoms with Gasteiger partial charge in [0.1, 0.15) is 13.2 Å². The van der Waals surface area contributed by atoms with Crippen molar-refractivity contribution in [1.29, 1.82) is 0 Å². The Morgan fingerprint density at radius 1 is 0.554 bits per heavy atom. The molecular formula is C47H82NO8+. The molecule has 0 saturated carbocycles. The third-order valence-electron chi connectivity index (χ3n) is 9.01. The molecule has 0 aromatic carbocycles. The maximum Gasteiger partial charge on any atom is 0.361 e. The molecule has 0 radical (unpaired) electrons. The second-order valence-corrected chi connectivity index (χ2v) is 15.6. The number of allylic oxidation sites excluding steroid dienone is 10. The Balaban J connectivity index is 4.49. The van der Waals surface area contributed by atoms with E-state index in [1.807, 2.05) is 21.1 Å². The number of likely N-dealkylation sites (N-methyl/N-ethyl adjacent to an activating group) is 1. The van der Waals surface area contributed by atoms with Crippen LogP contribution in [0.2, 0.25) is 0 Å². The van der Waals surface area contributed by atoms with Gasteiger partial charge in [-0.2, -0.15) is 0 Å². The Kier molecular flexibility index (Phi) is 36.8. The zero-order chi connectivity index (χ0) is 41.4. The van der Waals surface area contributed by atoms with Crippen LogP contribution in [0.15, 0.2) is 60.8 Å². The van der Waals surface area contributed by atoms with E-state index in [0.717, 1.165) is 103 Å². The monoisotopic (exact) mass is 789 g/mol. The van der Waals surface area contributed by atoms with Crippen LogP contribution >= 0.6 is 0 Å². The number of carboxylic acid groups (broad SMARTS) is 1. The smallest absolute Gasteiger partial charge is 0.361 e. The summed E-state index contributed by atoms with van der Waals surface area (Å²) in [4.78, 5) is 37.0. The summed E-state index contributed by atoms with van der Waals surface area (Å²) in [6, 6.07) is 0. The molecule has 0 rings (SSSR count). The first-order valence-corrected chi connectivity index (χ1v) is 22.0. The van der Waals surface area contributed by atoms with Crippen molar-refractivity contribution < 1.29 is 42.9 Å². The SMILES string of the molecule is CC/C=C\C/C=C\C/C=C\C/C=C\CCCCCCCCC(=O)OC(COC(=O)CCCCCCC/C=C\CCCCC)COC(OCC[N+](C)(C)C)C(=O)O. The first kappa shape index (κ1) is 53.0. The summed E-state index contributed by atoms with van der Waals surface area (Å²) >= 11 is 0. The summed E-state index contributed by atoms with van der Waals surface area (Å²) in [5, 5.41) is 9.62. The first-order chi connectivity index (χ1) is 27.1. The van der Waals surface area contributed by atoms with E-state index in [9.17, 15) is 19.5 Å². The molecule has 0 aliphatic rings. The number of aliphatic carboxylic acids is 1. The predicted octanol–water partition coefficient (Wildman–Crippen LogP) is 11.4. The molecule has 0 amide bonds. The molecule has 0 fully saturated rings. The maximum atomic E-state index is 12.7. The highest BCUT2D eigenvalue weighted by atomic mass is 16.7. The molecule has 56 heavy (non-hydrogen) atoms. The number of ether oxygens (including phenoxy) is 4. The molecule has 0 aliphatic carbocycles. The molecule has 0 spiro atoms. The van der Waals surface area contributed by atoms with Crippen LogP contribution in [0.5, 0.6) is 0 Å². The lowest BCUT2D eigenvalue weighted by Gasteiger charge is -2.25. The van der Waals surface area contributed by atoms with Crippen molar-refractivity contribution in [3.63, 3.8) is 0 Å². The minimum Gasteiger partial charge on any atom is -0.477 e. The van der Waals surface area contributed by atoms with E-state index in [1.165, 1.54) is 25.7 Å². The van der Waals surface area contributed by atoms with Gasteiger partial charge in [-0.05, 0) is 77.0 Å². The van der Waals surface area contributed by atoms with E-state index in [-0.39, 0.29) is 38.6 Å². The Hall–Kier alpha value is -3.01. The third kappa shape index (κ3) is 39.2. The Morgan fingerprint density at radius 2 is 1.02 bits per heavy atom. The van der Waals surface area contributed by atoms with E-state index in [4.69, 9.17) is 18.9 Å². The number of carboxylic acids is 1. The average molecular weight is 789 g/mol.